The fourth-order valence-electron chi connectivity index (χ4n) is 4.25. The summed E-state index contributed by atoms with van der Waals surface area (Å²) in [5.41, 5.74) is 0.268. The van der Waals surface area contributed by atoms with E-state index in [1.807, 2.05) is 30.1 Å². The number of aromatic nitrogens is 1. The van der Waals surface area contributed by atoms with E-state index in [0.717, 1.165) is 0 Å². The maximum Gasteiger partial charge on any atom is 0.270 e. The molecule has 0 radical (unpaired) electrons. The number of anilines is 1. The van der Waals surface area contributed by atoms with Gasteiger partial charge < -0.3 is 24.8 Å². The van der Waals surface area contributed by atoms with Crippen LogP contribution in [0.5, 0.6) is 17.2 Å². The number of aliphatic hydroxyl groups is 1. The Hall–Kier alpha value is -4.39. The summed E-state index contributed by atoms with van der Waals surface area (Å²) in [6, 6.07) is 16.7. The molecular weight excluding hydrogens is 472 g/mol. The number of carbonyl (C=O) groups excluding carboxylic acids is 2. The number of ether oxygens (including phenoxy) is 2. The molecule has 0 spiro atoms. The van der Waals surface area contributed by atoms with Crippen LogP contribution in [-0.4, -0.2) is 72.2 Å². The number of hydrogen-bond donors (Lipinski definition) is 2. The van der Waals surface area contributed by atoms with E-state index in [-0.39, 0.29) is 18.2 Å². The predicted octanol–water partition coefficient (Wildman–Crippen LogP) is 2.06. The van der Waals surface area contributed by atoms with E-state index >= 15 is 0 Å². The second kappa shape index (κ2) is 9.93. The number of para-hydroxylation sites is 1. The first kappa shape index (κ1) is 24.3. The zero-order valence-corrected chi connectivity index (χ0v) is 20.5. The molecule has 2 N–H and O–H groups in total. The Morgan fingerprint density at radius 1 is 1.14 bits per heavy atom. The van der Waals surface area contributed by atoms with Crippen LogP contribution < -0.4 is 19.7 Å². The first-order valence-electron chi connectivity index (χ1n) is 11.8. The molecule has 2 aliphatic heterocycles. The van der Waals surface area contributed by atoms with Crippen molar-refractivity contribution in [2.75, 3.05) is 38.7 Å². The van der Waals surface area contributed by atoms with Gasteiger partial charge in [-0.15, -0.1) is 0 Å². The smallest absolute Gasteiger partial charge is 0.270 e. The highest BCUT2D eigenvalue weighted by Gasteiger charge is 2.37. The fourth-order valence-corrected chi connectivity index (χ4v) is 4.25. The summed E-state index contributed by atoms with van der Waals surface area (Å²) in [4.78, 5) is 33.7. The minimum atomic E-state index is -1.02. The topological polar surface area (TPSA) is 104 Å². The average molecular weight is 499 g/mol. The number of rotatable bonds is 4. The molecule has 0 saturated carbocycles. The molecular formula is C28H26N4O5. The molecule has 5 rings (SSSR count). The number of pyridine rings is 1. The number of nitrogens with one attached hydrogen (secondary N) is 1. The molecule has 0 bridgehead atoms. The van der Waals surface area contributed by atoms with Gasteiger partial charge >= 0.3 is 0 Å². The molecule has 37 heavy (non-hydrogen) atoms. The average Bonchev–Trinajstić information content (AvgIpc) is 2.99. The van der Waals surface area contributed by atoms with E-state index in [1.54, 1.807) is 43.4 Å². The van der Waals surface area contributed by atoms with Crippen molar-refractivity contribution >= 4 is 17.5 Å². The number of fused-ring (bicyclic) bond motifs is 1. The van der Waals surface area contributed by atoms with E-state index in [0.29, 0.717) is 41.6 Å². The number of amides is 2. The van der Waals surface area contributed by atoms with Gasteiger partial charge in [0, 0.05) is 38.0 Å². The van der Waals surface area contributed by atoms with Crippen LogP contribution in [0.4, 0.5) is 5.69 Å². The lowest BCUT2D eigenvalue weighted by molar-refractivity contribution is -0.120. The lowest BCUT2D eigenvalue weighted by Crippen LogP contribution is -2.59. The summed E-state index contributed by atoms with van der Waals surface area (Å²) in [6.07, 6.45) is 1.47. The second-order valence-corrected chi connectivity index (χ2v) is 9.16. The molecule has 2 aliphatic rings. The molecule has 0 unspecified atom stereocenters. The Morgan fingerprint density at radius 3 is 2.68 bits per heavy atom. The van der Waals surface area contributed by atoms with Gasteiger partial charge in [-0.25, -0.2) is 0 Å². The molecule has 3 heterocycles. The Kier molecular flexibility index (Phi) is 6.53. The van der Waals surface area contributed by atoms with Crippen LogP contribution in [0.15, 0.2) is 66.9 Å². The van der Waals surface area contributed by atoms with Gasteiger partial charge in [-0.2, -0.15) is 0 Å². The molecule has 1 atom stereocenters. The molecule has 9 heteroatoms. The van der Waals surface area contributed by atoms with Crippen molar-refractivity contribution in [2.45, 2.75) is 11.6 Å². The minimum absolute atomic E-state index is 0.0424. The monoisotopic (exact) mass is 498 g/mol. The second-order valence-electron chi connectivity index (χ2n) is 9.16. The Balaban J connectivity index is 1.28. The summed E-state index contributed by atoms with van der Waals surface area (Å²) in [5.74, 6) is 6.61. The molecule has 9 nitrogen and oxygen atoms in total. The maximum absolute atomic E-state index is 13.2. The zero-order chi connectivity index (χ0) is 26.0. The lowest BCUT2D eigenvalue weighted by atomic mass is 9.95. The van der Waals surface area contributed by atoms with Gasteiger partial charge in [0.05, 0.1) is 5.69 Å². The van der Waals surface area contributed by atoms with Crippen molar-refractivity contribution < 1.29 is 24.2 Å². The van der Waals surface area contributed by atoms with Gasteiger partial charge in [-0.3, -0.25) is 19.5 Å². The third-order valence-corrected chi connectivity index (χ3v) is 6.11. The number of likely N-dealkylation sites (N-methyl/N-ethyl adjacent to an activating group) is 2. The van der Waals surface area contributed by atoms with Gasteiger partial charge in [0.1, 0.15) is 35.6 Å². The van der Waals surface area contributed by atoms with Crippen molar-refractivity contribution in [3.8, 4) is 29.1 Å². The number of benzene rings is 2. The van der Waals surface area contributed by atoms with Crippen molar-refractivity contribution in [1.29, 1.82) is 0 Å². The van der Waals surface area contributed by atoms with Crippen molar-refractivity contribution in [1.82, 2.24) is 15.2 Å². The summed E-state index contributed by atoms with van der Waals surface area (Å²) in [5, 5.41) is 13.1. The zero-order valence-electron chi connectivity index (χ0n) is 20.5. The predicted molar refractivity (Wildman–Crippen MR) is 137 cm³/mol. The number of nitrogens with zero attached hydrogens (tertiary/aromatic N) is 3. The van der Waals surface area contributed by atoms with Gasteiger partial charge in [0.2, 0.25) is 0 Å². The maximum atomic E-state index is 13.2. The molecule has 2 aromatic carbocycles. The Labute approximate surface area is 214 Å². The van der Waals surface area contributed by atoms with Gasteiger partial charge in [0.25, 0.3) is 11.8 Å². The molecule has 2 amide bonds. The van der Waals surface area contributed by atoms with Crippen LogP contribution in [0.3, 0.4) is 0 Å². The normalized spacial score (nSPS) is 18.3. The number of likely N-dealkylation sites (tertiary alicyclic amines) is 1. The Bertz CT molecular complexity index is 1390. The summed E-state index contributed by atoms with van der Waals surface area (Å²) in [7, 11) is 3.53. The Morgan fingerprint density at radius 2 is 1.92 bits per heavy atom. The SMILES string of the molecule is CN1CC(O)(C#Cc2ccc3c(c2)N(C)C(=O)[C@H](NC(=O)c2cc(Oc4ccccc4)ccn2)CO3)C1. The lowest BCUT2D eigenvalue weighted by Gasteiger charge is -2.40. The molecule has 1 saturated heterocycles. The standard InChI is InChI=1S/C28H26N4O5/c1-31-17-28(35,18-31)12-10-19-8-9-25-24(14-19)32(2)27(34)23(16-36-25)30-26(33)22-15-21(11-13-29-22)37-20-6-4-3-5-7-20/h3-9,11,13-15,23,35H,16-18H2,1-2H3,(H,30,33)/t23-/m1/s1. The number of hydrogen-bond acceptors (Lipinski definition) is 7. The highest BCUT2D eigenvalue weighted by Crippen LogP contribution is 2.32. The summed E-state index contributed by atoms with van der Waals surface area (Å²) < 4.78 is 11.6. The fraction of sp³-hybridized carbons (Fsp3) is 0.250. The molecule has 1 aromatic heterocycles. The van der Waals surface area contributed by atoms with Gasteiger partial charge in [-0.05, 0) is 43.4 Å². The molecule has 188 valence electrons. The van der Waals surface area contributed by atoms with Gasteiger partial charge in [-0.1, -0.05) is 30.0 Å². The quantitative estimate of drug-likeness (QED) is 0.531. The number of β-amino-alcohol motifs (C(OH)–C–C–N with tert-alkyl or cyclic N) is 1. The van der Waals surface area contributed by atoms with Crippen molar-refractivity contribution in [3.05, 3.63) is 78.1 Å². The minimum Gasteiger partial charge on any atom is -0.489 e. The largest absolute Gasteiger partial charge is 0.489 e. The molecule has 3 aromatic rings. The van der Waals surface area contributed by atoms with E-state index in [4.69, 9.17) is 9.47 Å². The van der Waals surface area contributed by atoms with E-state index < -0.39 is 17.6 Å². The van der Waals surface area contributed by atoms with E-state index in [2.05, 4.69) is 22.1 Å². The third-order valence-electron chi connectivity index (χ3n) is 6.11. The molecule has 1 fully saturated rings. The number of carbonyl (C=O) groups is 2. The highest BCUT2D eigenvalue weighted by molar-refractivity contribution is 6.03. The molecule has 0 aliphatic carbocycles. The van der Waals surface area contributed by atoms with Crippen LogP contribution in [0.1, 0.15) is 16.1 Å². The third kappa shape index (κ3) is 5.40. The summed E-state index contributed by atoms with van der Waals surface area (Å²) >= 11 is 0. The van der Waals surface area contributed by atoms with Crippen molar-refractivity contribution in [3.63, 3.8) is 0 Å². The van der Waals surface area contributed by atoms with E-state index in [9.17, 15) is 14.7 Å². The van der Waals surface area contributed by atoms with Gasteiger partial charge in [0.15, 0.2) is 5.60 Å². The first-order chi connectivity index (χ1) is 17.8. The van der Waals surface area contributed by atoms with Crippen LogP contribution >= 0.6 is 0 Å². The van der Waals surface area contributed by atoms with Crippen LogP contribution in [0.25, 0.3) is 0 Å². The summed E-state index contributed by atoms with van der Waals surface area (Å²) in [6.45, 7) is 0.938. The first-order valence-corrected chi connectivity index (χ1v) is 11.8. The van der Waals surface area contributed by atoms with E-state index in [1.165, 1.54) is 17.2 Å². The van der Waals surface area contributed by atoms with Crippen LogP contribution in [-0.2, 0) is 4.79 Å². The highest BCUT2D eigenvalue weighted by atomic mass is 16.5. The van der Waals surface area contributed by atoms with Crippen LogP contribution in [0, 0.1) is 11.8 Å². The van der Waals surface area contributed by atoms with Crippen LogP contribution in [0.2, 0.25) is 0 Å². The van der Waals surface area contributed by atoms with Crippen molar-refractivity contribution in [2.24, 2.45) is 0 Å².